The molecule has 0 unspecified atom stereocenters. The Morgan fingerprint density at radius 1 is 0.786 bits per heavy atom. The van der Waals surface area contributed by atoms with Crippen LogP contribution in [-0.4, -0.2) is 0 Å². The summed E-state index contributed by atoms with van der Waals surface area (Å²) in [6.07, 6.45) is 0. The third-order valence-electron chi connectivity index (χ3n) is 1.94. The van der Waals surface area contributed by atoms with Gasteiger partial charge in [0.2, 0.25) is 5.75 Å². The molecule has 0 aliphatic heterocycles. The van der Waals surface area contributed by atoms with E-state index in [1.807, 2.05) is 36.4 Å². The Balaban J connectivity index is 2.24. The fraction of sp³-hybridized carbons (Fsp3) is 0. The van der Waals surface area contributed by atoms with E-state index >= 15 is 0 Å². The van der Waals surface area contributed by atoms with Crippen LogP contribution >= 0.6 is 0 Å². The Kier molecular flexibility index (Phi) is 2.36. The van der Waals surface area contributed by atoms with Gasteiger partial charge in [-0.05, 0) is 24.3 Å². The van der Waals surface area contributed by atoms with Gasteiger partial charge in [0.05, 0.1) is 5.69 Å². The molecule has 0 fully saturated rings. The van der Waals surface area contributed by atoms with Gasteiger partial charge in [-0.2, -0.15) is 0 Å². The molecular formula is C12H10NO. The second kappa shape index (κ2) is 3.83. The molecule has 2 rings (SSSR count). The lowest BCUT2D eigenvalue weighted by Crippen LogP contribution is -1.88. The second-order valence-corrected chi connectivity index (χ2v) is 2.99. The number of rotatable bonds is 2. The fourth-order valence-electron chi connectivity index (χ4n) is 1.25. The maximum absolute atomic E-state index is 11.4. The third-order valence-corrected chi connectivity index (χ3v) is 1.94. The van der Waals surface area contributed by atoms with Crippen molar-refractivity contribution in [1.82, 2.24) is 0 Å². The third kappa shape index (κ3) is 1.85. The Morgan fingerprint density at radius 3 is 2.14 bits per heavy atom. The van der Waals surface area contributed by atoms with Crippen LogP contribution in [0.25, 0.3) is 0 Å². The van der Waals surface area contributed by atoms with E-state index in [1.165, 1.54) is 0 Å². The van der Waals surface area contributed by atoms with Gasteiger partial charge in [-0.3, -0.25) is 5.11 Å². The summed E-state index contributed by atoms with van der Waals surface area (Å²) in [6, 6.07) is 16.5. The van der Waals surface area contributed by atoms with Crippen molar-refractivity contribution in [2.75, 3.05) is 5.32 Å². The van der Waals surface area contributed by atoms with E-state index in [9.17, 15) is 5.11 Å². The molecular weight excluding hydrogens is 174 g/mol. The molecule has 0 bridgehead atoms. The molecule has 2 aromatic carbocycles. The zero-order valence-electron chi connectivity index (χ0n) is 7.60. The summed E-state index contributed by atoms with van der Waals surface area (Å²) in [5.41, 5.74) is 1.54. The molecule has 2 aromatic rings. The molecule has 2 heteroatoms. The number of para-hydroxylation sites is 3. The highest BCUT2D eigenvalue weighted by atomic mass is 16.3. The van der Waals surface area contributed by atoms with E-state index in [2.05, 4.69) is 5.32 Å². The summed E-state index contributed by atoms with van der Waals surface area (Å²) >= 11 is 0. The molecule has 0 spiro atoms. The molecule has 1 N–H and O–H groups in total. The molecule has 0 aromatic heterocycles. The van der Waals surface area contributed by atoms with E-state index in [-0.39, 0.29) is 5.75 Å². The first-order valence-electron chi connectivity index (χ1n) is 4.44. The molecule has 14 heavy (non-hydrogen) atoms. The van der Waals surface area contributed by atoms with Gasteiger partial charge in [0.15, 0.2) is 0 Å². The molecule has 0 saturated carbocycles. The van der Waals surface area contributed by atoms with Gasteiger partial charge < -0.3 is 5.32 Å². The van der Waals surface area contributed by atoms with Crippen LogP contribution in [0.5, 0.6) is 5.75 Å². The van der Waals surface area contributed by atoms with Crippen molar-refractivity contribution in [3.8, 4) is 5.75 Å². The summed E-state index contributed by atoms with van der Waals surface area (Å²) < 4.78 is 0. The van der Waals surface area contributed by atoms with Gasteiger partial charge in [0.1, 0.15) is 0 Å². The maximum atomic E-state index is 11.4. The summed E-state index contributed by atoms with van der Waals surface area (Å²) in [7, 11) is 0. The SMILES string of the molecule is [O]c1ccccc1Nc1ccccc1. The van der Waals surface area contributed by atoms with Crippen LogP contribution in [0.3, 0.4) is 0 Å². The Labute approximate surface area is 82.8 Å². The lowest BCUT2D eigenvalue weighted by Gasteiger charge is -2.05. The fourth-order valence-corrected chi connectivity index (χ4v) is 1.25. The smallest absolute Gasteiger partial charge is 0.201 e. The van der Waals surface area contributed by atoms with Gasteiger partial charge in [0.25, 0.3) is 0 Å². The van der Waals surface area contributed by atoms with E-state index in [4.69, 9.17) is 0 Å². The van der Waals surface area contributed by atoms with Crippen molar-refractivity contribution >= 4 is 11.4 Å². The second-order valence-electron chi connectivity index (χ2n) is 2.99. The minimum Gasteiger partial charge on any atom is -0.352 e. The highest BCUT2D eigenvalue weighted by molar-refractivity contribution is 5.65. The topological polar surface area (TPSA) is 31.9 Å². The van der Waals surface area contributed by atoms with Gasteiger partial charge in [0, 0.05) is 5.69 Å². The minimum absolute atomic E-state index is 0.0105. The lowest BCUT2D eigenvalue weighted by molar-refractivity contribution is 0.357. The monoisotopic (exact) mass is 184 g/mol. The zero-order valence-corrected chi connectivity index (χ0v) is 7.60. The van der Waals surface area contributed by atoms with Crippen molar-refractivity contribution in [3.63, 3.8) is 0 Å². The predicted octanol–water partition coefficient (Wildman–Crippen LogP) is 3.57. The first-order valence-corrected chi connectivity index (χ1v) is 4.44. The van der Waals surface area contributed by atoms with Crippen molar-refractivity contribution in [3.05, 3.63) is 54.6 Å². The van der Waals surface area contributed by atoms with Crippen LogP contribution in [0.4, 0.5) is 11.4 Å². The molecule has 0 aliphatic carbocycles. The standard InChI is InChI=1S/C12H10NO/c14-12-9-5-4-8-11(12)13-10-6-2-1-3-7-10/h1-9,13H. The van der Waals surface area contributed by atoms with Crippen LogP contribution in [0.2, 0.25) is 0 Å². The molecule has 0 saturated heterocycles. The largest absolute Gasteiger partial charge is 0.352 e. The first-order chi connectivity index (χ1) is 6.86. The first kappa shape index (κ1) is 8.63. The summed E-state index contributed by atoms with van der Waals surface area (Å²) in [6.45, 7) is 0. The van der Waals surface area contributed by atoms with E-state index in [0.29, 0.717) is 5.69 Å². The summed E-state index contributed by atoms with van der Waals surface area (Å²) in [5.74, 6) is 0.0105. The quantitative estimate of drug-likeness (QED) is 0.760. The molecule has 2 nitrogen and oxygen atoms in total. The number of hydrogen-bond donors (Lipinski definition) is 1. The highest BCUT2D eigenvalue weighted by Crippen LogP contribution is 2.25. The Bertz CT molecular complexity index is 412. The number of benzene rings is 2. The molecule has 0 heterocycles. The van der Waals surface area contributed by atoms with Crippen LogP contribution in [-0.2, 0) is 5.11 Å². The lowest BCUT2D eigenvalue weighted by atomic mass is 10.2. The Hall–Kier alpha value is -1.96. The average Bonchev–Trinajstić information content (AvgIpc) is 2.23. The van der Waals surface area contributed by atoms with E-state index < -0.39 is 0 Å². The Morgan fingerprint density at radius 2 is 1.43 bits per heavy atom. The molecule has 0 atom stereocenters. The van der Waals surface area contributed by atoms with Gasteiger partial charge in [-0.25, -0.2) is 0 Å². The van der Waals surface area contributed by atoms with Crippen molar-refractivity contribution in [1.29, 1.82) is 0 Å². The molecule has 0 aliphatic rings. The van der Waals surface area contributed by atoms with Crippen molar-refractivity contribution < 1.29 is 5.11 Å². The van der Waals surface area contributed by atoms with Crippen molar-refractivity contribution in [2.45, 2.75) is 0 Å². The average molecular weight is 184 g/mol. The molecule has 1 radical (unpaired) electrons. The maximum Gasteiger partial charge on any atom is 0.201 e. The molecule has 69 valence electrons. The number of nitrogens with one attached hydrogen (secondary N) is 1. The van der Waals surface area contributed by atoms with Crippen molar-refractivity contribution in [2.24, 2.45) is 0 Å². The molecule has 0 amide bonds. The van der Waals surface area contributed by atoms with Gasteiger partial charge in [-0.1, -0.05) is 30.3 Å². The minimum atomic E-state index is 0.0105. The van der Waals surface area contributed by atoms with E-state index in [1.54, 1.807) is 18.2 Å². The number of anilines is 2. The number of hydrogen-bond acceptors (Lipinski definition) is 1. The summed E-state index contributed by atoms with van der Waals surface area (Å²) in [5, 5.41) is 14.4. The van der Waals surface area contributed by atoms with Crippen LogP contribution < -0.4 is 5.32 Å². The van der Waals surface area contributed by atoms with Gasteiger partial charge in [-0.15, -0.1) is 0 Å². The van der Waals surface area contributed by atoms with Crippen LogP contribution in [0, 0.1) is 0 Å². The van der Waals surface area contributed by atoms with Gasteiger partial charge >= 0.3 is 0 Å². The normalized spacial score (nSPS) is 9.71. The van der Waals surface area contributed by atoms with Crippen LogP contribution in [0.1, 0.15) is 0 Å². The van der Waals surface area contributed by atoms with E-state index in [0.717, 1.165) is 5.69 Å². The highest BCUT2D eigenvalue weighted by Gasteiger charge is 2.00. The zero-order chi connectivity index (χ0) is 9.80. The predicted molar refractivity (Wildman–Crippen MR) is 56.3 cm³/mol. The summed E-state index contributed by atoms with van der Waals surface area (Å²) in [4.78, 5) is 0. The van der Waals surface area contributed by atoms with Crippen LogP contribution in [0.15, 0.2) is 54.6 Å².